The Kier molecular flexibility index (Phi) is 4.92. The lowest BCUT2D eigenvalue weighted by molar-refractivity contribution is 0.296. The summed E-state index contributed by atoms with van der Waals surface area (Å²) in [5.74, 6) is 1.82. The second-order valence-corrected chi connectivity index (χ2v) is 4.41. The quantitative estimate of drug-likeness (QED) is 0.822. The van der Waals surface area contributed by atoms with Gasteiger partial charge in [0.2, 0.25) is 0 Å². The topological polar surface area (TPSA) is 66.0 Å². The highest BCUT2D eigenvalue weighted by atomic mass is 16.5. The van der Waals surface area contributed by atoms with Gasteiger partial charge in [-0.2, -0.15) is 5.10 Å². The molecule has 0 saturated heterocycles. The molecule has 1 atom stereocenters. The summed E-state index contributed by atoms with van der Waals surface area (Å²) in [5.41, 5.74) is 6.09. The van der Waals surface area contributed by atoms with Crippen molar-refractivity contribution in [2.24, 2.45) is 5.73 Å². The maximum absolute atomic E-state index is 6.09. The van der Waals surface area contributed by atoms with Gasteiger partial charge in [-0.1, -0.05) is 18.2 Å². The van der Waals surface area contributed by atoms with Gasteiger partial charge in [-0.3, -0.25) is 4.68 Å². The minimum atomic E-state index is 0.0400. The predicted molar refractivity (Wildman–Crippen MR) is 73.9 cm³/mol. The Labute approximate surface area is 113 Å². The smallest absolute Gasteiger partial charge is 0.138 e. The number of nitrogens with zero attached hydrogens (tertiary/aromatic N) is 3. The molecule has 0 aliphatic rings. The molecule has 2 aromatic rings. The lowest BCUT2D eigenvalue weighted by Gasteiger charge is -2.12. The third kappa shape index (κ3) is 4.06. The first-order chi connectivity index (χ1) is 9.29. The summed E-state index contributed by atoms with van der Waals surface area (Å²) in [6.07, 6.45) is 3.10. The number of hydrogen-bond acceptors (Lipinski definition) is 4. The number of rotatable bonds is 7. The molecular formula is C14H20N4O. The lowest BCUT2D eigenvalue weighted by Crippen LogP contribution is -2.27. The number of nitrogens with two attached hydrogens (primary N) is 1. The number of aromatic nitrogens is 3. The molecule has 1 aromatic heterocycles. The van der Waals surface area contributed by atoms with E-state index in [1.807, 2.05) is 41.9 Å². The molecule has 1 aromatic carbocycles. The minimum absolute atomic E-state index is 0.0400. The van der Waals surface area contributed by atoms with Crippen LogP contribution in [0.4, 0.5) is 0 Å². The van der Waals surface area contributed by atoms with E-state index in [-0.39, 0.29) is 6.04 Å². The van der Waals surface area contributed by atoms with Crippen LogP contribution in [0.5, 0.6) is 5.75 Å². The van der Waals surface area contributed by atoms with Crippen LogP contribution in [0.15, 0.2) is 36.7 Å². The Hall–Kier alpha value is -1.88. The zero-order valence-corrected chi connectivity index (χ0v) is 11.2. The zero-order chi connectivity index (χ0) is 13.5. The molecule has 5 heteroatoms. The first kappa shape index (κ1) is 13.5. The summed E-state index contributed by atoms with van der Waals surface area (Å²) in [7, 11) is 0. The molecule has 0 aliphatic heterocycles. The minimum Gasteiger partial charge on any atom is -0.494 e. The van der Waals surface area contributed by atoms with Crippen LogP contribution < -0.4 is 10.5 Å². The Bertz CT molecular complexity index is 483. The summed E-state index contributed by atoms with van der Waals surface area (Å²) in [6, 6.07) is 9.81. The SMILES string of the molecule is CCn1ncnc1CC(N)CCOc1ccccc1. The average Bonchev–Trinajstić information content (AvgIpc) is 2.87. The van der Waals surface area contributed by atoms with Crippen LogP contribution in [0.25, 0.3) is 0 Å². The molecule has 0 radical (unpaired) electrons. The number of hydrogen-bond donors (Lipinski definition) is 1. The number of para-hydroxylation sites is 1. The van der Waals surface area contributed by atoms with Crippen LogP contribution in [0.1, 0.15) is 19.2 Å². The summed E-state index contributed by atoms with van der Waals surface area (Å²) < 4.78 is 7.50. The first-order valence-corrected chi connectivity index (χ1v) is 6.59. The number of aryl methyl sites for hydroxylation is 1. The molecule has 19 heavy (non-hydrogen) atoms. The van der Waals surface area contributed by atoms with Crippen molar-refractivity contribution < 1.29 is 4.74 Å². The first-order valence-electron chi connectivity index (χ1n) is 6.59. The molecule has 0 spiro atoms. The highest BCUT2D eigenvalue weighted by Crippen LogP contribution is 2.09. The van der Waals surface area contributed by atoms with Crippen LogP contribution in [0, 0.1) is 0 Å². The van der Waals surface area contributed by atoms with E-state index in [1.165, 1.54) is 0 Å². The van der Waals surface area contributed by atoms with E-state index in [1.54, 1.807) is 6.33 Å². The van der Waals surface area contributed by atoms with Crippen molar-refractivity contribution in [1.29, 1.82) is 0 Å². The molecule has 2 rings (SSSR count). The van der Waals surface area contributed by atoms with Crippen LogP contribution in [-0.2, 0) is 13.0 Å². The van der Waals surface area contributed by atoms with Crippen molar-refractivity contribution in [3.8, 4) is 5.75 Å². The lowest BCUT2D eigenvalue weighted by atomic mass is 10.1. The predicted octanol–water partition coefficient (Wildman–Crippen LogP) is 1.64. The Morgan fingerprint density at radius 1 is 1.32 bits per heavy atom. The van der Waals surface area contributed by atoms with Crippen molar-refractivity contribution in [2.75, 3.05) is 6.61 Å². The van der Waals surface area contributed by atoms with Crippen molar-refractivity contribution in [1.82, 2.24) is 14.8 Å². The summed E-state index contributed by atoms with van der Waals surface area (Å²) >= 11 is 0. The van der Waals surface area contributed by atoms with E-state index in [0.717, 1.165) is 31.0 Å². The molecule has 5 nitrogen and oxygen atoms in total. The molecular weight excluding hydrogens is 240 g/mol. The largest absolute Gasteiger partial charge is 0.494 e. The average molecular weight is 260 g/mol. The second kappa shape index (κ2) is 6.89. The van der Waals surface area contributed by atoms with Crippen LogP contribution >= 0.6 is 0 Å². The van der Waals surface area contributed by atoms with E-state index >= 15 is 0 Å². The highest BCUT2D eigenvalue weighted by molar-refractivity contribution is 5.20. The van der Waals surface area contributed by atoms with E-state index in [0.29, 0.717) is 6.61 Å². The van der Waals surface area contributed by atoms with Gasteiger partial charge in [-0.25, -0.2) is 4.98 Å². The van der Waals surface area contributed by atoms with Crippen molar-refractivity contribution >= 4 is 0 Å². The van der Waals surface area contributed by atoms with E-state index < -0.39 is 0 Å². The Morgan fingerprint density at radius 2 is 2.11 bits per heavy atom. The van der Waals surface area contributed by atoms with Gasteiger partial charge >= 0.3 is 0 Å². The van der Waals surface area contributed by atoms with Gasteiger partial charge in [0.05, 0.1) is 6.61 Å². The van der Waals surface area contributed by atoms with Gasteiger partial charge < -0.3 is 10.5 Å². The van der Waals surface area contributed by atoms with Crippen molar-refractivity contribution in [2.45, 2.75) is 32.4 Å². The van der Waals surface area contributed by atoms with Gasteiger partial charge in [0.15, 0.2) is 0 Å². The molecule has 0 bridgehead atoms. The molecule has 2 N–H and O–H groups in total. The van der Waals surface area contributed by atoms with Crippen LogP contribution in [0.2, 0.25) is 0 Å². The summed E-state index contributed by atoms with van der Waals surface area (Å²) in [6.45, 7) is 3.48. The Balaban J connectivity index is 1.74. The number of ether oxygens (including phenoxy) is 1. The van der Waals surface area contributed by atoms with Gasteiger partial charge in [-0.05, 0) is 25.5 Å². The fourth-order valence-electron chi connectivity index (χ4n) is 1.89. The van der Waals surface area contributed by atoms with E-state index in [9.17, 15) is 0 Å². The molecule has 1 unspecified atom stereocenters. The fraction of sp³-hybridized carbons (Fsp3) is 0.429. The van der Waals surface area contributed by atoms with Gasteiger partial charge in [0.25, 0.3) is 0 Å². The molecule has 0 fully saturated rings. The van der Waals surface area contributed by atoms with Crippen molar-refractivity contribution in [3.63, 3.8) is 0 Å². The van der Waals surface area contributed by atoms with Crippen molar-refractivity contribution in [3.05, 3.63) is 42.5 Å². The standard InChI is InChI=1S/C14H20N4O/c1-2-18-14(16-11-17-18)10-12(15)8-9-19-13-6-4-3-5-7-13/h3-7,11-12H,2,8-10,15H2,1H3. The number of benzene rings is 1. The molecule has 0 saturated carbocycles. The normalized spacial score (nSPS) is 12.3. The van der Waals surface area contributed by atoms with Crippen LogP contribution in [-0.4, -0.2) is 27.4 Å². The van der Waals surface area contributed by atoms with E-state index in [4.69, 9.17) is 10.5 Å². The fourth-order valence-corrected chi connectivity index (χ4v) is 1.89. The van der Waals surface area contributed by atoms with Gasteiger partial charge in [0.1, 0.15) is 17.9 Å². The van der Waals surface area contributed by atoms with Crippen LogP contribution in [0.3, 0.4) is 0 Å². The maximum Gasteiger partial charge on any atom is 0.138 e. The summed E-state index contributed by atoms with van der Waals surface area (Å²) in [4.78, 5) is 4.22. The zero-order valence-electron chi connectivity index (χ0n) is 11.2. The monoisotopic (exact) mass is 260 g/mol. The summed E-state index contributed by atoms with van der Waals surface area (Å²) in [5, 5.41) is 4.13. The molecule has 0 aliphatic carbocycles. The highest BCUT2D eigenvalue weighted by Gasteiger charge is 2.09. The van der Waals surface area contributed by atoms with Gasteiger partial charge in [0, 0.05) is 19.0 Å². The third-order valence-corrected chi connectivity index (χ3v) is 2.94. The van der Waals surface area contributed by atoms with E-state index in [2.05, 4.69) is 10.1 Å². The molecule has 0 amide bonds. The van der Waals surface area contributed by atoms with Gasteiger partial charge in [-0.15, -0.1) is 0 Å². The third-order valence-electron chi connectivity index (χ3n) is 2.94. The molecule has 1 heterocycles. The molecule has 102 valence electrons. The maximum atomic E-state index is 6.09. The Morgan fingerprint density at radius 3 is 2.84 bits per heavy atom. The second-order valence-electron chi connectivity index (χ2n) is 4.41.